The van der Waals surface area contributed by atoms with Crippen LogP contribution in [-0.2, 0) is 4.84 Å². The lowest BCUT2D eigenvalue weighted by atomic mass is 10.2. The fourth-order valence-electron chi connectivity index (χ4n) is 0.963. The molecule has 0 amide bonds. The first-order valence-corrected chi connectivity index (χ1v) is 4.51. The van der Waals surface area contributed by atoms with Crippen molar-refractivity contribution >= 4 is 21.6 Å². The van der Waals surface area contributed by atoms with Gasteiger partial charge in [0.25, 0.3) is 5.69 Å². The summed E-state index contributed by atoms with van der Waals surface area (Å²) in [6.45, 7) is 1.59. The standard InChI is InChI=1S/C7H8BrN3O3/c1-4(14-9)7-6(11(12)13)2-5(8)3-10-7/h2-4H,9H2,1H3. The van der Waals surface area contributed by atoms with Crippen LogP contribution in [0.1, 0.15) is 18.7 Å². The third-order valence-electron chi connectivity index (χ3n) is 1.65. The van der Waals surface area contributed by atoms with Crippen LogP contribution in [0.4, 0.5) is 5.69 Å². The second kappa shape index (κ2) is 4.45. The summed E-state index contributed by atoms with van der Waals surface area (Å²) in [5, 5.41) is 10.6. The lowest BCUT2D eigenvalue weighted by Gasteiger charge is -2.07. The average Bonchev–Trinajstić information content (AvgIpc) is 2.16. The van der Waals surface area contributed by atoms with Gasteiger partial charge in [-0.1, -0.05) is 0 Å². The Balaban J connectivity index is 3.21. The van der Waals surface area contributed by atoms with Crippen LogP contribution in [0.3, 0.4) is 0 Å². The van der Waals surface area contributed by atoms with E-state index in [-0.39, 0.29) is 11.4 Å². The van der Waals surface area contributed by atoms with E-state index in [2.05, 4.69) is 25.8 Å². The van der Waals surface area contributed by atoms with E-state index in [1.807, 2.05) is 0 Å². The maximum Gasteiger partial charge on any atom is 0.294 e. The molecule has 1 atom stereocenters. The van der Waals surface area contributed by atoms with Gasteiger partial charge in [-0.25, -0.2) is 5.90 Å². The van der Waals surface area contributed by atoms with Gasteiger partial charge < -0.3 is 0 Å². The van der Waals surface area contributed by atoms with Gasteiger partial charge in [0.2, 0.25) is 0 Å². The molecule has 1 unspecified atom stereocenters. The summed E-state index contributed by atoms with van der Waals surface area (Å²) in [4.78, 5) is 18.5. The molecule has 1 rings (SSSR count). The van der Waals surface area contributed by atoms with Gasteiger partial charge in [-0.05, 0) is 22.9 Å². The summed E-state index contributed by atoms with van der Waals surface area (Å²) >= 11 is 3.10. The average molecular weight is 262 g/mol. The second-order valence-corrected chi connectivity index (χ2v) is 3.51. The fourth-order valence-corrected chi connectivity index (χ4v) is 1.28. The first-order valence-electron chi connectivity index (χ1n) is 3.71. The SMILES string of the molecule is CC(ON)c1ncc(Br)cc1[N+](=O)[O-]. The van der Waals surface area contributed by atoms with Gasteiger partial charge >= 0.3 is 0 Å². The smallest absolute Gasteiger partial charge is 0.294 e. The van der Waals surface area contributed by atoms with Crippen molar-refractivity contribution in [2.24, 2.45) is 5.90 Å². The van der Waals surface area contributed by atoms with E-state index in [0.717, 1.165) is 0 Å². The van der Waals surface area contributed by atoms with Crippen molar-refractivity contribution in [1.82, 2.24) is 4.98 Å². The number of hydrogen-bond donors (Lipinski definition) is 1. The molecule has 0 aliphatic rings. The van der Waals surface area contributed by atoms with Gasteiger partial charge in [-0.3, -0.25) is 19.9 Å². The van der Waals surface area contributed by atoms with E-state index in [0.29, 0.717) is 4.47 Å². The highest BCUT2D eigenvalue weighted by Crippen LogP contribution is 2.26. The lowest BCUT2D eigenvalue weighted by molar-refractivity contribution is -0.386. The first-order chi connectivity index (χ1) is 6.56. The van der Waals surface area contributed by atoms with Gasteiger partial charge in [0.1, 0.15) is 11.8 Å². The highest BCUT2D eigenvalue weighted by molar-refractivity contribution is 9.10. The summed E-state index contributed by atoms with van der Waals surface area (Å²) in [6, 6.07) is 1.36. The fraction of sp³-hybridized carbons (Fsp3) is 0.286. The summed E-state index contributed by atoms with van der Waals surface area (Å²) in [5.41, 5.74) is 0.0954. The molecule has 0 bridgehead atoms. The molecule has 0 saturated heterocycles. The first kappa shape index (κ1) is 11.0. The van der Waals surface area contributed by atoms with E-state index in [1.54, 1.807) is 6.92 Å². The second-order valence-electron chi connectivity index (χ2n) is 2.59. The molecule has 14 heavy (non-hydrogen) atoms. The van der Waals surface area contributed by atoms with E-state index in [1.165, 1.54) is 12.3 Å². The Hall–Kier alpha value is -1.05. The molecular formula is C7H8BrN3O3. The van der Waals surface area contributed by atoms with Crippen LogP contribution >= 0.6 is 15.9 Å². The van der Waals surface area contributed by atoms with Crippen molar-refractivity contribution in [3.63, 3.8) is 0 Å². The zero-order valence-corrected chi connectivity index (χ0v) is 8.89. The zero-order chi connectivity index (χ0) is 10.7. The predicted octanol–water partition coefficient (Wildman–Crippen LogP) is 1.70. The molecule has 0 aromatic carbocycles. The summed E-state index contributed by atoms with van der Waals surface area (Å²) in [5.74, 6) is 4.94. The van der Waals surface area contributed by atoms with Crippen LogP contribution in [-0.4, -0.2) is 9.91 Å². The Kier molecular flexibility index (Phi) is 3.50. The number of halogens is 1. The van der Waals surface area contributed by atoms with Gasteiger partial charge in [0.15, 0.2) is 0 Å². The highest BCUT2D eigenvalue weighted by atomic mass is 79.9. The Morgan fingerprint density at radius 2 is 2.43 bits per heavy atom. The van der Waals surface area contributed by atoms with E-state index in [9.17, 15) is 10.1 Å². The molecule has 1 aromatic heterocycles. The molecule has 0 spiro atoms. The Morgan fingerprint density at radius 3 is 2.93 bits per heavy atom. The predicted molar refractivity (Wildman–Crippen MR) is 52.3 cm³/mol. The molecule has 1 heterocycles. The Labute approximate surface area is 88.3 Å². The minimum atomic E-state index is -0.608. The maximum absolute atomic E-state index is 10.6. The topological polar surface area (TPSA) is 91.3 Å². The van der Waals surface area contributed by atoms with Gasteiger partial charge in [0, 0.05) is 16.7 Å². The lowest BCUT2D eigenvalue weighted by Crippen LogP contribution is -2.09. The number of rotatable bonds is 3. The third-order valence-corrected chi connectivity index (χ3v) is 2.08. The molecule has 0 saturated carbocycles. The number of pyridine rings is 1. The molecule has 76 valence electrons. The Morgan fingerprint density at radius 1 is 1.79 bits per heavy atom. The largest absolute Gasteiger partial charge is 0.295 e. The zero-order valence-electron chi connectivity index (χ0n) is 7.31. The molecule has 0 fully saturated rings. The number of nitrogens with zero attached hydrogens (tertiary/aromatic N) is 2. The maximum atomic E-state index is 10.6. The number of aromatic nitrogens is 1. The molecule has 0 aliphatic heterocycles. The van der Waals surface area contributed by atoms with E-state index in [4.69, 9.17) is 5.90 Å². The minimum Gasteiger partial charge on any atom is -0.295 e. The van der Waals surface area contributed by atoms with Crippen molar-refractivity contribution in [1.29, 1.82) is 0 Å². The number of nitro groups is 1. The van der Waals surface area contributed by atoms with Crippen molar-refractivity contribution < 1.29 is 9.76 Å². The van der Waals surface area contributed by atoms with Crippen LogP contribution in [0.2, 0.25) is 0 Å². The normalized spacial score (nSPS) is 12.5. The monoisotopic (exact) mass is 261 g/mol. The van der Waals surface area contributed by atoms with Crippen LogP contribution < -0.4 is 5.90 Å². The van der Waals surface area contributed by atoms with Crippen LogP contribution in [0.25, 0.3) is 0 Å². The van der Waals surface area contributed by atoms with Crippen LogP contribution in [0, 0.1) is 10.1 Å². The quantitative estimate of drug-likeness (QED) is 0.661. The van der Waals surface area contributed by atoms with E-state index >= 15 is 0 Å². The van der Waals surface area contributed by atoms with Gasteiger partial charge in [-0.2, -0.15) is 0 Å². The molecule has 1 aromatic rings. The minimum absolute atomic E-state index is 0.114. The highest BCUT2D eigenvalue weighted by Gasteiger charge is 2.21. The van der Waals surface area contributed by atoms with Gasteiger partial charge in [-0.15, -0.1) is 0 Å². The third kappa shape index (κ3) is 2.25. The molecular weight excluding hydrogens is 254 g/mol. The molecule has 6 nitrogen and oxygen atoms in total. The molecule has 2 N–H and O–H groups in total. The summed E-state index contributed by atoms with van der Waals surface area (Å²) < 4.78 is 0.539. The van der Waals surface area contributed by atoms with Crippen molar-refractivity contribution in [3.05, 3.63) is 32.5 Å². The summed E-state index contributed by atoms with van der Waals surface area (Å²) in [7, 11) is 0. The van der Waals surface area contributed by atoms with Crippen molar-refractivity contribution in [2.75, 3.05) is 0 Å². The van der Waals surface area contributed by atoms with Gasteiger partial charge in [0.05, 0.1) is 4.92 Å². The van der Waals surface area contributed by atoms with Crippen LogP contribution in [0.5, 0.6) is 0 Å². The van der Waals surface area contributed by atoms with Crippen molar-refractivity contribution in [3.8, 4) is 0 Å². The van der Waals surface area contributed by atoms with E-state index < -0.39 is 11.0 Å². The molecule has 0 radical (unpaired) electrons. The summed E-state index contributed by atoms with van der Waals surface area (Å²) in [6.07, 6.45) is 0.848. The number of nitrogens with two attached hydrogens (primary N) is 1. The van der Waals surface area contributed by atoms with Crippen molar-refractivity contribution in [2.45, 2.75) is 13.0 Å². The molecule has 0 aliphatic carbocycles. The molecule has 7 heteroatoms. The number of hydrogen-bond acceptors (Lipinski definition) is 5. The van der Waals surface area contributed by atoms with Crippen LogP contribution in [0.15, 0.2) is 16.7 Å². The Bertz CT molecular complexity index is 358.